The maximum atomic E-state index is 13.2. The Kier molecular flexibility index (Phi) is 7.26. The first-order chi connectivity index (χ1) is 11.8. The van der Waals surface area contributed by atoms with Crippen LogP contribution in [0, 0.1) is 5.82 Å². The summed E-state index contributed by atoms with van der Waals surface area (Å²) in [6.45, 7) is 2.75. The Bertz CT molecular complexity index is 829. The van der Waals surface area contributed by atoms with Crippen LogP contribution in [0.1, 0.15) is 18.4 Å². The normalized spacial score (nSPS) is 14.5. The third kappa shape index (κ3) is 4.47. The molecule has 0 saturated carbocycles. The van der Waals surface area contributed by atoms with E-state index < -0.39 is 0 Å². The number of fused-ring (bicyclic) bond motifs is 1. The van der Waals surface area contributed by atoms with Gasteiger partial charge in [0.25, 0.3) is 0 Å². The van der Waals surface area contributed by atoms with E-state index in [1.54, 1.807) is 0 Å². The number of halogens is 3. The van der Waals surface area contributed by atoms with E-state index in [9.17, 15) is 4.39 Å². The molecule has 1 fully saturated rings. The lowest BCUT2D eigenvalue weighted by Gasteiger charge is -2.24. The molecule has 1 aromatic heterocycles. The van der Waals surface area contributed by atoms with Gasteiger partial charge in [-0.25, -0.2) is 9.37 Å². The van der Waals surface area contributed by atoms with Gasteiger partial charge in [-0.2, -0.15) is 0 Å². The predicted molar refractivity (Wildman–Crippen MR) is 109 cm³/mol. The van der Waals surface area contributed by atoms with Gasteiger partial charge in [-0.3, -0.25) is 0 Å². The lowest BCUT2D eigenvalue weighted by atomic mass is 10.1. The number of piperidine rings is 1. The maximum absolute atomic E-state index is 13.2. The Balaban J connectivity index is 0.00000121. The van der Waals surface area contributed by atoms with Gasteiger partial charge < -0.3 is 15.2 Å². The zero-order valence-electron chi connectivity index (χ0n) is 14.3. The molecule has 26 heavy (non-hydrogen) atoms. The summed E-state index contributed by atoms with van der Waals surface area (Å²) in [6, 6.07) is 15.3. The van der Waals surface area contributed by atoms with Crippen LogP contribution in [0.5, 0.6) is 0 Å². The molecule has 2 heterocycles. The number of para-hydroxylation sites is 2. The number of anilines is 1. The van der Waals surface area contributed by atoms with Crippen molar-refractivity contribution in [3.63, 3.8) is 0 Å². The van der Waals surface area contributed by atoms with Crippen LogP contribution in [0.3, 0.4) is 0 Å². The SMILES string of the molecule is Cl.Cl.Fc1ccc(Cn2c(NC3CCNCC3)nc3ccccc32)cc1. The Labute approximate surface area is 165 Å². The van der Waals surface area contributed by atoms with E-state index in [0.29, 0.717) is 12.6 Å². The smallest absolute Gasteiger partial charge is 0.204 e. The molecule has 0 aliphatic carbocycles. The summed E-state index contributed by atoms with van der Waals surface area (Å²) in [4.78, 5) is 4.78. The minimum absolute atomic E-state index is 0. The van der Waals surface area contributed by atoms with Crippen LogP contribution in [0.25, 0.3) is 11.0 Å². The summed E-state index contributed by atoms with van der Waals surface area (Å²) in [7, 11) is 0. The molecule has 3 aromatic rings. The zero-order chi connectivity index (χ0) is 16.4. The fourth-order valence-corrected chi connectivity index (χ4v) is 3.27. The zero-order valence-corrected chi connectivity index (χ0v) is 16.0. The minimum Gasteiger partial charge on any atom is -0.353 e. The van der Waals surface area contributed by atoms with Gasteiger partial charge in [0, 0.05) is 6.04 Å². The highest BCUT2D eigenvalue weighted by molar-refractivity contribution is 5.85. The molecule has 7 heteroatoms. The van der Waals surface area contributed by atoms with Crippen LogP contribution in [0.2, 0.25) is 0 Å². The highest BCUT2D eigenvalue weighted by atomic mass is 35.5. The van der Waals surface area contributed by atoms with Crippen molar-refractivity contribution in [1.82, 2.24) is 14.9 Å². The molecule has 0 spiro atoms. The maximum Gasteiger partial charge on any atom is 0.204 e. The minimum atomic E-state index is -0.206. The van der Waals surface area contributed by atoms with Crippen molar-refractivity contribution in [2.45, 2.75) is 25.4 Å². The fraction of sp³-hybridized carbons (Fsp3) is 0.316. The molecule has 1 aliphatic rings. The average molecular weight is 397 g/mol. The van der Waals surface area contributed by atoms with Gasteiger partial charge in [-0.1, -0.05) is 24.3 Å². The molecule has 0 amide bonds. The molecule has 0 atom stereocenters. The molecule has 1 saturated heterocycles. The van der Waals surface area contributed by atoms with Crippen molar-refractivity contribution in [3.05, 3.63) is 59.9 Å². The van der Waals surface area contributed by atoms with Gasteiger partial charge in [-0.15, -0.1) is 24.8 Å². The second-order valence-electron chi connectivity index (χ2n) is 6.31. The average Bonchev–Trinajstić information content (AvgIpc) is 2.95. The van der Waals surface area contributed by atoms with E-state index in [1.807, 2.05) is 30.3 Å². The molecule has 4 rings (SSSR count). The Morgan fingerprint density at radius 1 is 1.04 bits per heavy atom. The van der Waals surface area contributed by atoms with Crippen molar-refractivity contribution < 1.29 is 4.39 Å². The van der Waals surface area contributed by atoms with E-state index in [-0.39, 0.29) is 30.6 Å². The number of aromatic nitrogens is 2. The molecule has 0 bridgehead atoms. The van der Waals surface area contributed by atoms with Crippen LogP contribution < -0.4 is 10.6 Å². The van der Waals surface area contributed by atoms with Crippen molar-refractivity contribution in [3.8, 4) is 0 Å². The second-order valence-corrected chi connectivity index (χ2v) is 6.31. The number of nitrogens with zero attached hydrogens (tertiary/aromatic N) is 2. The summed E-state index contributed by atoms with van der Waals surface area (Å²) in [5.74, 6) is 0.690. The van der Waals surface area contributed by atoms with E-state index >= 15 is 0 Å². The lowest BCUT2D eigenvalue weighted by molar-refractivity contribution is 0.476. The van der Waals surface area contributed by atoms with Crippen molar-refractivity contribution >= 4 is 41.8 Å². The van der Waals surface area contributed by atoms with Gasteiger partial charge in [0.15, 0.2) is 0 Å². The van der Waals surface area contributed by atoms with Crippen LogP contribution >= 0.6 is 24.8 Å². The number of hydrogen-bond acceptors (Lipinski definition) is 3. The third-order valence-corrected chi connectivity index (χ3v) is 4.58. The van der Waals surface area contributed by atoms with E-state index in [1.165, 1.54) is 12.1 Å². The molecule has 1 aliphatic heterocycles. The van der Waals surface area contributed by atoms with Crippen LogP contribution in [-0.2, 0) is 6.54 Å². The molecule has 2 N–H and O–H groups in total. The van der Waals surface area contributed by atoms with Crippen LogP contribution in [0.15, 0.2) is 48.5 Å². The van der Waals surface area contributed by atoms with Crippen molar-refractivity contribution in [2.24, 2.45) is 0 Å². The van der Waals surface area contributed by atoms with Crippen LogP contribution in [-0.4, -0.2) is 28.7 Å². The van der Waals surface area contributed by atoms with Crippen molar-refractivity contribution in [1.29, 1.82) is 0 Å². The molecule has 4 nitrogen and oxygen atoms in total. The number of hydrogen-bond donors (Lipinski definition) is 2. The topological polar surface area (TPSA) is 41.9 Å². The first-order valence-corrected chi connectivity index (χ1v) is 8.46. The highest BCUT2D eigenvalue weighted by Gasteiger charge is 2.17. The summed E-state index contributed by atoms with van der Waals surface area (Å²) in [5, 5.41) is 6.99. The molecular formula is C19H23Cl2FN4. The number of imidazole rings is 1. The largest absolute Gasteiger partial charge is 0.353 e. The third-order valence-electron chi connectivity index (χ3n) is 4.58. The first-order valence-electron chi connectivity index (χ1n) is 8.46. The summed E-state index contributed by atoms with van der Waals surface area (Å²) < 4.78 is 15.4. The Morgan fingerprint density at radius 2 is 1.73 bits per heavy atom. The van der Waals surface area contributed by atoms with Gasteiger partial charge in [0.2, 0.25) is 5.95 Å². The Hall–Kier alpha value is -1.82. The number of nitrogens with one attached hydrogen (secondary N) is 2. The monoisotopic (exact) mass is 396 g/mol. The molecular weight excluding hydrogens is 374 g/mol. The fourth-order valence-electron chi connectivity index (χ4n) is 3.27. The number of benzene rings is 2. The predicted octanol–water partition coefficient (Wildman–Crippen LogP) is 4.23. The molecule has 0 radical (unpaired) electrons. The Morgan fingerprint density at radius 3 is 2.46 bits per heavy atom. The highest BCUT2D eigenvalue weighted by Crippen LogP contribution is 2.23. The summed E-state index contributed by atoms with van der Waals surface area (Å²) in [6.07, 6.45) is 2.19. The molecule has 140 valence electrons. The van der Waals surface area contributed by atoms with E-state index in [4.69, 9.17) is 4.98 Å². The van der Waals surface area contributed by atoms with Gasteiger partial charge in [0.1, 0.15) is 5.82 Å². The lowest BCUT2D eigenvalue weighted by Crippen LogP contribution is -2.36. The van der Waals surface area contributed by atoms with Gasteiger partial charge in [-0.05, 0) is 55.8 Å². The van der Waals surface area contributed by atoms with Gasteiger partial charge >= 0.3 is 0 Å². The summed E-state index contributed by atoms with van der Waals surface area (Å²) >= 11 is 0. The van der Waals surface area contributed by atoms with Crippen molar-refractivity contribution in [2.75, 3.05) is 18.4 Å². The molecule has 2 aromatic carbocycles. The van der Waals surface area contributed by atoms with E-state index in [2.05, 4.69) is 21.3 Å². The first kappa shape index (κ1) is 20.5. The van der Waals surface area contributed by atoms with Gasteiger partial charge in [0.05, 0.1) is 17.6 Å². The number of rotatable bonds is 4. The quantitative estimate of drug-likeness (QED) is 0.693. The standard InChI is InChI=1S/C19H21FN4.2ClH/c20-15-7-5-14(6-8-15)13-24-18-4-2-1-3-17(18)23-19(24)22-16-9-11-21-12-10-16;;/h1-8,16,21H,9-13H2,(H,22,23);2*1H. The summed E-state index contributed by atoms with van der Waals surface area (Å²) in [5.41, 5.74) is 3.14. The molecule has 0 unspecified atom stereocenters. The van der Waals surface area contributed by atoms with Crippen LogP contribution in [0.4, 0.5) is 10.3 Å². The second kappa shape index (κ2) is 9.21. The van der Waals surface area contributed by atoms with E-state index in [0.717, 1.165) is 48.5 Å².